The highest BCUT2D eigenvalue weighted by molar-refractivity contribution is 5.76. The van der Waals surface area contributed by atoms with Crippen LogP contribution in [0.15, 0.2) is 30.3 Å². The lowest BCUT2D eigenvalue weighted by atomic mass is 9.81. The minimum absolute atomic E-state index is 0.234. The van der Waals surface area contributed by atoms with Crippen molar-refractivity contribution in [1.29, 1.82) is 0 Å². The Balaban J connectivity index is 1.45. The SMILES string of the molecule is COCCC(=O)N1CCC(N[C@H]2CC[C@](C)(c3ccccc3)C2)CC1. The molecule has 4 heteroatoms. The smallest absolute Gasteiger partial charge is 0.224 e. The number of ether oxygens (including phenoxy) is 1. The summed E-state index contributed by atoms with van der Waals surface area (Å²) in [5.41, 5.74) is 1.77. The number of piperidine rings is 1. The number of hydrogen-bond donors (Lipinski definition) is 1. The van der Waals surface area contributed by atoms with Gasteiger partial charge in [-0.15, -0.1) is 0 Å². The minimum Gasteiger partial charge on any atom is -0.384 e. The summed E-state index contributed by atoms with van der Waals surface area (Å²) in [4.78, 5) is 14.1. The van der Waals surface area contributed by atoms with Gasteiger partial charge in [0.25, 0.3) is 0 Å². The molecule has 4 nitrogen and oxygen atoms in total. The summed E-state index contributed by atoms with van der Waals surface area (Å²) in [6.45, 7) is 4.68. The first-order chi connectivity index (χ1) is 12.1. The maximum Gasteiger partial charge on any atom is 0.224 e. The molecular formula is C21H32N2O2. The molecule has 2 atom stereocenters. The van der Waals surface area contributed by atoms with Crippen LogP contribution in [0.1, 0.15) is 51.0 Å². The van der Waals surface area contributed by atoms with E-state index in [2.05, 4.69) is 42.6 Å². The van der Waals surface area contributed by atoms with Gasteiger partial charge in [-0.1, -0.05) is 37.3 Å². The lowest BCUT2D eigenvalue weighted by molar-refractivity contribution is -0.133. The molecule has 1 amide bonds. The van der Waals surface area contributed by atoms with E-state index in [1.54, 1.807) is 7.11 Å². The monoisotopic (exact) mass is 344 g/mol. The number of rotatable bonds is 6. The van der Waals surface area contributed by atoms with Crippen LogP contribution in [0.25, 0.3) is 0 Å². The molecular weight excluding hydrogens is 312 g/mol. The van der Waals surface area contributed by atoms with E-state index in [-0.39, 0.29) is 5.91 Å². The first-order valence-electron chi connectivity index (χ1n) is 9.69. The summed E-state index contributed by atoms with van der Waals surface area (Å²) >= 11 is 0. The van der Waals surface area contributed by atoms with Crippen LogP contribution in [0.5, 0.6) is 0 Å². The quantitative estimate of drug-likeness (QED) is 0.862. The molecule has 3 rings (SSSR count). The van der Waals surface area contributed by atoms with E-state index in [1.807, 2.05) is 4.90 Å². The fourth-order valence-corrected chi connectivity index (χ4v) is 4.46. The lowest BCUT2D eigenvalue weighted by Gasteiger charge is -2.34. The first-order valence-corrected chi connectivity index (χ1v) is 9.69. The highest BCUT2D eigenvalue weighted by Crippen LogP contribution is 2.41. The molecule has 138 valence electrons. The molecule has 1 saturated heterocycles. The van der Waals surface area contributed by atoms with Crippen LogP contribution in [-0.4, -0.2) is 49.7 Å². The van der Waals surface area contributed by atoms with E-state index >= 15 is 0 Å². The average molecular weight is 344 g/mol. The van der Waals surface area contributed by atoms with Crippen LogP contribution in [0.4, 0.5) is 0 Å². The molecule has 1 aromatic rings. The van der Waals surface area contributed by atoms with Crippen LogP contribution >= 0.6 is 0 Å². The predicted octanol–water partition coefficient (Wildman–Crippen LogP) is 3.11. The fraction of sp³-hybridized carbons (Fsp3) is 0.667. The molecule has 0 unspecified atom stereocenters. The first kappa shape index (κ1) is 18.4. The maximum absolute atomic E-state index is 12.1. The molecule has 1 aliphatic carbocycles. The van der Waals surface area contributed by atoms with Crippen LogP contribution in [0, 0.1) is 0 Å². The van der Waals surface area contributed by atoms with Gasteiger partial charge < -0.3 is 15.0 Å². The number of carbonyl (C=O) groups is 1. The molecule has 1 aliphatic heterocycles. The molecule has 0 aromatic heterocycles. The average Bonchev–Trinajstić information content (AvgIpc) is 3.03. The van der Waals surface area contributed by atoms with Gasteiger partial charge in [-0.2, -0.15) is 0 Å². The van der Waals surface area contributed by atoms with Crippen LogP contribution in [0.3, 0.4) is 0 Å². The number of benzene rings is 1. The Morgan fingerprint density at radius 1 is 1.20 bits per heavy atom. The second-order valence-electron chi connectivity index (χ2n) is 7.93. The number of methoxy groups -OCH3 is 1. The Morgan fingerprint density at radius 3 is 2.60 bits per heavy atom. The third-order valence-electron chi connectivity index (χ3n) is 6.05. The summed E-state index contributed by atoms with van der Waals surface area (Å²) < 4.78 is 5.01. The van der Waals surface area contributed by atoms with Crippen molar-refractivity contribution in [3.05, 3.63) is 35.9 Å². The molecule has 0 spiro atoms. The van der Waals surface area contributed by atoms with E-state index in [1.165, 1.54) is 24.8 Å². The lowest BCUT2D eigenvalue weighted by Crippen LogP contribution is -2.47. The summed E-state index contributed by atoms with van der Waals surface area (Å²) in [5, 5.41) is 3.88. The zero-order chi connectivity index (χ0) is 17.7. The van der Waals surface area contributed by atoms with Crippen molar-refractivity contribution in [2.75, 3.05) is 26.8 Å². The van der Waals surface area contributed by atoms with E-state index in [0.717, 1.165) is 25.9 Å². The summed E-state index contributed by atoms with van der Waals surface area (Å²) in [6.07, 6.45) is 6.35. The molecule has 1 heterocycles. The Morgan fingerprint density at radius 2 is 1.92 bits per heavy atom. The molecule has 25 heavy (non-hydrogen) atoms. The van der Waals surface area contributed by atoms with E-state index in [9.17, 15) is 4.79 Å². The molecule has 0 radical (unpaired) electrons. The van der Waals surface area contributed by atoms with Crippen LogP contribution < -0.4 is 5.32 Å². The Bertz CT molecular complexity index is 554. The summed E-state index contributed by atoms with van der Waals surface area (Å²) in [6, 6.07) is 12.1. The van der Waals surface area contributed by atoms with E-state index < -0.39 is 0 Å². The van der Waals surface area contributed by atoms with Crippen LogP contribution in [0.2, 0.25) is 0 Å². The number of nitrogens with one attached hydrogen (secondary N) is 1. The van der Waals surface area contributed by atoms with Gasteiger partial charge in [0.1, 0.15) is 0 Å². The third kappa shape index (κ3) is 4.62. The number of nitrogens with zero attached hydrogens (tertiary/aromatic N) is 1. The van der Waals surface area contributed by atoms with Crippen molar-refractivity contribution in [3.63, 3.8) is 0 Å². The van der Waals surface area contributed by atoms with Gasteiger partial charge in [0, 0.05) is 32.3 Å². The van der Waals surface area contributed by atoms with E-state index in [4.69, 9.17) is 4.74 Å². The number of carbonyl (C=O) groups excluding carboxylic acids is 1. The van der Waals surface area contributed by atoms with Gasteiger partial charge in [0.2, 0.25) is 5.91 Å². The Hall–Kier alpha value is -1.39. The molecule has 1 saturated carbocycles. The highest BCUT2D eigenvalue weighted by atomic mass is 16.5. The van der Waals surface area contributed by atoms with E-state index in [0.29, 0.717) is 30.5 Å². The topological polar surface area (TPSA) is 41.6 Å². The van der Waals surface area contributed by atoms with Crippen molar-refractivity contribution >= 4 is 5.91 Å². The molecule has 1 aromatic carbocycles. The zero-order valence-electron chi connectivity index (χ0n) is 15.7. The zero-order valence-corrected chi connectivity index (χ0v) is 15.7. The van der Waals surface area contributed by atoms with Gasteiger partial charge in [0.05, 0.1) is 13.0 Å². The Labute approximate surface area is 151 Å². The second kappa shape index (κ2) is 8.33. The summed E-state index contributed by atoms with van der Waals surface area (Å²) in [7, 11) is 1.65. The van der Waals surface area contributed by atoms with Gasteiger partial charge in [-0.25, -0.2) is 0 Å². The fourth-order valence-electron chi connectivity index (χ4n) is 4.46. The normalized spacial score (nSPS) is 27.6. The minimum atomic E-state index is 0.234. The largest absolute Gasteiger partial charge is 0.384 e. The van der Waals surface area contributed by atoms with Gasteiger partial charge in [-0.3, -0.25) is 4.79 Å². The highest BCUT2D eigenvalue weighted by Gasteiger charge is 2.37. The standard InChI is InChI=1S/C21H32N2O2/c1-21(17-6-4-3-5-7-17)12-8-19(16-21)22-18-9-13-23(14-10-18)20(24)11-15-25-2/h3-7,18-19,22H,8-16H2,1-2H3/t19-,21-/m0/s1. The summed E-state index contributed by atoms with van der Waals surface area (Å²) in [5.74, 6) is 0.234. The molecule has 0 bridgehead atoms. The molecule has 2 fully saturated rings. The Kier molecular flexibility index (Phi) is 6.13. The number of amides is 1. The number of likely N-dealkylation sites (tertiary alicyclic amines) is 1. The van der Waals surface area contributed by atoms with Crippen LogP contribution in [-0.2, 0) is 14.9 Å². The van der Waals surface area contributed by atoms with Gasteiger partial charge in [-0.05, 0) is 43.1 Å². The van der Waals surface area contributed by atoms with Crippen molar-refractivity contribution in [2.24, 2.45) is 0 Å². The number of hydrogen-bond acceptors (Lipinski definition) is 3. The maximum atomic E-state index is 12.1. The second-order valence-corrected chi connectivity index (χ2v) is 7.93. The van der Waals surface area contributed by atoms with Gasteiger partial charge >= 0.3 is 0 Å². The van der Waals surface area contributed by atoms with Crippen molar-refractivity contribution < 1.29 is 9.53 Å². The molecule has 1 N–H and O–H groups in total. The van der Waals surface area contributed by atoms with Gasteiger partial charge in [0.15, 0.2) is 0 Å². The third-order valence-corrected chi connectivity index (χ3v) is 6.05. The van der Waals surface area contributed by atoms with Crippen molar-refractivity contribution in [1.82, 2.24) is 10.2 Å². The molecule has 2 aliphatic rings. The van der Waals surface area contributed by atoms with Crippen molar-refractivity contribution in [2.45, 2.75) is 62.9 Å². The predicted molar refractivity (Wildman–Crippen MR) is 101 cm³/mol. The van der Waals surface area contributed by atoms with Crippen molar-refractivity contribution in [3.8, 4) is 0 Å².